The Labute approximate surface area is 124 Å². The van der Waals surface area contributed by atoms with Gasteiger partial charge in [0, 0.05) is 28.5 Å². The fourth-order valence-corrected chi connectivity index (χ4v) is 2.23. The molecular weight excluding hydrogens is 274 g/mol. The molecular formula is C15H18ClN3O. The Morgan fingerprint density at radius 3 is 2.75 bits per heavy atom. The van der Waals surface area contributed by atoms with E-state index >= 15 is 0 Å². The lowest BCUT2D eigenvalue weighted by Crippen LogP contribution is -2.21. The third kappa shape index (κ3) is 3.46. The van der Waals surface area contributed by atoms with E-state index in [2.05, 4.69) is 11.9 Å². The number of phenols is 1. The summed E-state index contributed by atoms with van der Waals surface area (Å²) < 4.78 is 0. The van der Waals surface area contributed by atoms with E-state index in [1.807, 2.05) is 19.9 Å². The number of phenolic OH excluding ortho intramolecular Hbond substituents is 1. The second kappa shape index (κ2) is 6.88. The SMILES string of the molecule is C=C(C#N)C(/C(N)=C(/C)NCC)c1ccc(O)cc1Cl. The average Bonchev–Trinajstić information content (AvgIpc) is 2.41. The molecule has 20 heavy (non-hydrogen) atoms. The zero-order chi connectivity index (χ0) is 15.3. The number of hydrogen-bond donors (Lipinski definition) is 3. The van der Waals surface area contributed by atoms with E-state index in [9.17, 15) is 5.11 Å². The molecule has 0 saturated heterocycles. The van der Waals surface area contributed by atoms with Gasteiger partial charge in [-0.25, -0.2) is 0 Å². The number of nitrogens with two attached hydrogens (primary N) is 1. The van der Waals surface area contributed by atoms with Crippen LogP contribution in [-0.4, -0.2) is 11.7 Å². The van der Waals surface area contributed by atoms with Gasteiger partial charge in [0.15, 0.2) is 0 Å². The van der Waals surface area contributed by atoms with E-state index < -0.39 is 5.92 Å². The molecule has 0 aliphatic carbocycles. The van der Waals surface area contributed by atoms with E-state index in [1.54, 1.807) is 6.07 Å². The molecule has 1 aromatic carbocycles. The summed E-state index contributed by atoms with van der Waals surface area (Å²) in [6.07, 6.45) is 0. The first-order valence-corrected chi connectivity index (χ1v) is 6.57. The Bertz CT molecular complexity index is 587. The van der Waals surface area contributed by atoms with Crippen LogP contribution in [0.1, 0.15) is 25.3 Å². The highest BCUT2D eigenvalue weighted by Crippen LogP contribution is 2.35. The quantitative estimate of drug-likeness (QED) is 0.728. The zero-order valence-electron chi connectivity index (χ0n) is 11.6. The lowest BCUT2D eigenvalue weighted by atomic mass is 9.88. The van der Waals surface area contributed by atoms with Crippen LogP contribution in [0.5, 0.6) is 5.75 Å². The second-order valence-corrected chi connectivity index (χ2v) is 4.79. The number of rotatable bonds is 5. The lowest BCUT2D eigenvalue weighted by Gasteiger charge is -2.21. The minimum absolute atomic E-state index is 0.0611. The third-order valence-electron chi connectivity index (χ3n) is 2.97. The number of halogens is 1. The summed E-state index contributed by atoms with van der Waals surface area (Å²) in [5.74, 6) is -0.446. The van der Waals surface area contributed by atoms with Crippen molar-refractivity contribution in [2.24, 2.45) is 5.73 Å². The molecule has 4 N–H and O–H groups in total. The van der Waals surface area contributed by atoms with Gasteiger partial charge in [0.2, 0.25) is 0 Å². The molecule has 1 atom stereocenters. The number of hydrogen-bond acceptors (Lipinski definition) is 4. The summed E-state index contributed by atoms with van der Waals surface area (Å²) in [4.78, 5) is 0. The highest BCUT2D eigenvalue weighted by atomic mass is 35.5. The van der Waals surface area contributed by atoms with Gasteiger partial charge in [-0.1, -0.05) is 24.2 Å². The fourth-order valence-electron chi connectivity index (χ4n) is 1.94. The van der Waals surface area contributed by atoms with Crippen LogP contribution in [0.3, 0.4) is 0 Å². The van der Waals surface area contributed by atoms with Crippen LogP contribution in [0, 0.1) is 11.3 Å². The molecule has 0 saturated carbocycles. The van der Waals surface area contributed by atoms with Crippen molar-refractivity contribution in [3.05, 3.63) is 52.3 Å². The summed E-state index contributed by atoms with van der Waals surface area (Å²) in [7, 11) is 0. The number of nitrogens with zero attached hydrogens (tertiary/aromatic N) is 1. The number of allylic oxidation sites excluding steroid dienone is 2. The zero-order valence-corrected chi connectivity index (χ0v) is 12.3. The van der Waals surface area contributed by atoms with E-state index in [-0.39, 0.29) is 5.75 Å². The lowest BCUT2D eigenvalue weighted by molar-refractivity contribution is 0.475. The van der Waals surface area contributed by atoms with Crippen molar-refractivity contribution in [1.82, 2.24) is 5.32 Å². The van der Waals surface area contributed by atoms with Crippen molar-refractivity contribution in [2.45, 2.75) is 19.8 Å². The smallest absolute Gasteiger partial charge is 0.117 e. The molecule has 0 radical (unpaired) electrons. The van der Waals surface area contributed by atoms with E-state index in [0.717, 1.165) is 12.2 Å². The van der Waals surface area contributed by atoms with Crippen molar-refractivity contribution < 1.29 is 5.11 Å². The molecule has 0 fully saturated rings. The molecule has 4 nitrogen and oxygen atoms in total. The van der Waals surface area contributed by atoms with Gasteiger partial charge in [-0.05, 0) is 31.5 Å². The normalized spacial score (nSPS) is 13.1. The average molecular weight is 292 g/mol. The van der Waals surface area contributed by atoms with Crippen LogP contribution in [0.2, 0.25) is 5.02 Å². The second-order valence-electron chi connectivity index (χ2n) is 4.39. The molecule has 1 unspecified atom stereocenters. The first-order valence-electron chi connectivity index (χ1n) is 6.19. The standard InChI is InChI=1S/C15H18ClN3O/c1-4-19-10(3)15(18)14(9(2)8-17)12-6-5-11(20)7-13(12)16/h5-7,14,19-20H,2,4,18H2,1,3H3/b15-10+. The minimum Gasteiger partial charge on any atom is -0.508 e. The maximum Gasteiger partial charge on any atom is 0.117 e. The molecule has 0 amide bonds. The topological polar surface area (TPSA) is 82.1 Å². The van der Waals surface area contributed by atoms with Gasteiger partial charge in [-0.3, -0.25) is 0 Å². The van der Waals surface area contributed by atoms with Crippen LogP contribution in [-0.2, 0) is 0 Å². The molecule has 0 aliphatic heterocycles. The van der Waals surface area contributed by atoms with E-state index in [1.165, 1.54) is 12.1 Å². The Morgan fingerprint density at radius 2 is 2.25 bits per heavy atom. The van der Waals surface area contributed by atoms with Crippen molar-refractivity contribution in [3.8, 4) is 11.8 Å². The number of nitrogens with one attached hydrogen (secondary N) is 1. The van der Waals surface area contributed by atoms with Crippen LogP contribution in [0.25, 0.3) is 0 Å². The molecule has 0 heterocycles. The van der Waals surface area contributed by atoms with Gasteiger partial charge in [-0.15, -0.1) is 0 Å². The van der Waals surface area contributed by atoms with Crippen molar-refractivity contribution >= 4 is 11.6 Å². The Hall–Kier alpha value is -2.12. The molecule has 0 aromatic heterocycles. The molecule has 1 rings (SSSR count). The summed E-state index contributed by atoms with van der Waals surface area (Å²) >= 11 is 6.14. The highest BCUT2D eigenvalue weighted by molar-refractivity contribution is 6.31. The van der Waals surface area contributed by atoms with Crippen molar-refractivity contribution in [2.75, 3.05) is 6.54 Å². The molecule has 0 spiro atoms. The third-order valence-corrected chi connectivity index (χ3v) is 3.30. The summed E-state index contributed by atoms with van der Waals surface area (Å²) in [5.41, 5.74) is 8.36. The maximum absolute atomic E-state index is 9.42. The van der Waals surface area contributed by atoms with Crippen molar-refractivity contribution in [3.63, 3.8) is 0 Å². The van der Waals surface area contributed by atoms with Crippen LogP contribution in [0.4, 0.5) is 0 Å². The van der Waals surface area contributed by atoms with Crippen LogP contribution >= 0.6 is 11.6 Å². The minimum atomic E-state index is -0.507. The summed E-state index contributed by atoms with van der Waals surface area (Å²) in [5, 5.41) is 22.0. The fraction of sp³-hybridized carbons (Fsp3) is 0.267. The van der Waals surface area contributed by atoms with E-state index in [4.69, 9.17) is 22.6 Å². The van der Waals surface area contributed by atoms with Gasteiger partial charge < -0.3 is 16.2 Å². The summed E-state index contributed by atoms with van der Waals surface area (Å²) in [6, 6.07) is 6.61. The first-order chi connectivity index (χ1) is 9.42. The molecule has 5 heteroatoms. The van der Waals surface area contributed by atoms with Gasteiger partial charge in [-0.2, -0.15) is 5.26 Å². The van der Waals surface area contributed by atoms with Crippen molar-refractivity contribution in [1.29, 1.82) is 5.26 Å². The monoisotopic (exact) mass is 291 g/mol. The molecule has 0 bridgehead atoms. The molecule has 1 aromatic rings. The Morgan fingerprint density at radius 1 is 1.60 bits per heavy atom. The highest BCUT2D eigenvalue weighted by Gasteiger charge is 2.22. The van der Waals surface area contributed by atoms with Gasteiger partial charge in [0.05, 0.1) is 12.0 Å². The Kier molecular flexibility index (Phi) is 5.48. The predicted molar refractivity (Wildman–Crippen MR) is 81.2 cm³/mol. The van der Waals surface area contributed by atoms with Gasteiger partial charge in [0.25, 0.3) is 0 Å². The number of benzene rings is 1. The van der Waals surface area contributed by atoms with Gasteiger partial charge >= 0.3 is 0 Å². The number of nitriles is 1. The largest absolute Gasteiger partial charge is 0.508 e. The number of aromatic hydroxyl groups is 1. The maximum atomic E-state index is 9.42. The summed E-state index contributed by atoms with van der Waals surface area (Å²) in [6.45, 7) is 8.27. The predicted octanol–water partition coefficient (Wildman–Crippen LogP) is 3.01. The van der Waals surface area contributed by atoms with E-state index in [0.29, 0.717) is 21.9 Å². The Balaban J connectivity index is 3.38. The van der Waals surface area contributed by atoms with Crippen LogP contribution in [0.15, 0.2) is 41.7 Å². The van der Waals surface area contributed by atoms with Crippen LogP contribution < -0.4 is 11.1 Å². The first kappa shape index (κ1) is 15.9. The van der Waals surface area contributed by atoms with Gasteiger partial charge in [0.1, 0.15) is 5.75 Å². The molecule has 0 aliphatic rings. The molecule has 106 valence electrons.